The lowest BCUT2D eigenvalue weighted by Crippen LogP contribution is -2.61. The zero-order valence-electron chi connectivity index (χ0n) is 18.8. The summed E-state index contributed by atoms with van der Waals surface area (Å²) in [4.78, 5) is 35.7. The van der Waals surface area contributed by atoms with E-state index in [1.54, 1.807) is 0 Å². The van der Waals surface area contributed by atoms with Gasteiger partial charge in [0.25, 0.3) is 0 Å². The van der Waals surface area contributed by atoms with Crippen molar-refractivity contribution in [2.45, 2.75) is 78.1 Å². The van der Waals surface area contributed by atoms with E-state index in [0.29, 0.717) is 17.8 Å². The van der Waals surface area contributed by atoms with Gasteiger partial charge in [-0.05, 0) is 50.0 Å². The average molecular weight is 430 g/mol. The van der Waals surface area contributed by atoms with Gasteiger partial charge in [-0.15, -0.1) is 0 Å². The van der Waals surface area contributed by atoms with Crippen LogP contribution in [0.25, 0.3) is 0 Å². The number of fused-ring (bicyclic) bond motifs is 4. The van der Waals surface area contributed by atoms with Gasteiger partial charge in [0.05, 0.1) is 0 Å². The highest BCUT2D eigenvalue weighted by atomic mass is 16.6. The van der Waals surface area contributed by atoms with Crippen LogP contribution in [0, 0.1) is 22.7 Å². The van der Waals surface area contributed by atoms with Crippen LogP contribution in [-0.4, -0.2) is 42.3 Å². The largest absolute Gasteiger partial charge is 0.465 e. The Balaban J connectivity index is 1.55. The summed E-state index contributed by atoms with van der Waals surface area (Å²) < 4.78 is 23.2. The SMILES string of the molecule is CC(=O)OC[C@@]1(C)[C@H]2CC[C@@]34O[C@@H]3C3=C(C)C(=O)OC3=CC4[C@]2(C)CC[C@H]1OC(C)=O. The van der Waals surface area contributed by atoms with Crippen LogP contribution < -0.4 is 0 Å². The van der Waals surface area contributed by atoms with Crippen molar-refractivity contribution in [2.75, 3.05) is 6.61 Å². The van der Waals surface area contributed by atoms with E-state index < -0.39 is 5.41 Å². The van der Waals surface area contributed by atoms with Crippen molar-refractivity contribution in [3.8, 4) is 0 Å². The third-order valence-corrected chi connectivity index (χ3v) is 8.71. The van der Waals surface area contributed by atoms with Crippen molar-refractivity contribution < 1.29 is 33.3 Å². The minimum absolute atomic E-state index is 0.0798. The number of hydrogen-bond donors (Lipinski definition) is 0. The van der Waals surface area contributed by atoms with Crippen molar-refractivity contribution in [1.29, 1.82) is 0 Å². The molecule has 168 valence electrons. The molecular weight excluding hydrogens is 400 g/mol. The molecule has 0 bridgehead atoms. The molecule has 2 heterocycles. The summed E-state index contributed by atoms with van der Waals surface area (Å²) in [5.74, 6) is -0.0595. The molecule has 1 spiro atoms. The molecule has 0 amide bonds. The summed E-state index contributed by atoms with van der Waals surface area (Å²) in [6.07, 6.45) is 4.97. The second-order valence-electron chi connectivity index (χ2n) is 10.4. The maximum absolute atomic E-state index is 12.2. The molecule has 5 rings (SSSR count). The fraction of sp³-hybridized carbons (Fsp3) is 0.708. The number of rotatable bonds is 3. The number of epoxide rings is 1. The Bertz CT molecular complexity index is 948. The van der Waals surface area contributed by atoms with Gasteiger partial charge >= 0.3 is 17.9 Å². The Morgan fingerprint density at radius 1 is 1.16 bits per heavy atom. The van der Waals surface area contributed by atoms with Crippen LogP contribution in [0.5, 0.6) is 0 Å². The summed E-state index contributed by atoms with van der Waals surface area (Å²) in [6.45, 7) is 9.20. The van der Waals surface area contributed by atoms with E-state index in [2.05, 4.69) is 19.9 Å². The first-order valence-corrected chi connectivity index (χ1v) is 11.2. The molecule has 0 aromatic rings. The van der Waals surface area contributed by atoms with Crippen molar-refractivity contribution >= 4 is 17.9 Å². The molecule has 7 heteroatoms. The summed E-state index contributed by atoms with van der Waals surface area (Å²) >= 11 is 0. The summed E-state index contributed by atoms with van der Waals surface area (Å²) in [7, 11) is 0. The molecule has 7 nitrogen and oxygen atoms in total. The maximum atomic E-state index is 12.2. The summed E-state index contributed by atoms with van der Waals surface area (Å²) in [6, 6.07) is 0. The molecule has 3 fully saturated rings. The third-order valence-electron chi connectivity index (χ3n) is 8.71. The van der Waals surface area contributed by atoms with Gasteiger partial charge < -0.3 is 18.9 Å². The molecule has 7 atom stereocenters. The second-order valence-corrected chi connectivity index (χ2v) is 10.4. The minimum atomic E-state index is -0.507. The molecule has 0 aromatic carbocycles. The molecule has 0 aromatic heterocycles. The zero-order chi connectivity index (χ0) is 22.3. The van der Waals surface area contributed by atoms with Gasteiger partial charge in [0, 0.05) is 36.3 Å². The molecule has 31 heavy (non-hydrogen) atoms. The fourth-order valence-electron chi connectivity index (χ4n) is 7.26. The van der Waals surface area contributed by atoms with Gasteiger partial charge in [0.1, 0.15) is 30.2 Å². The molecular formula is C24H30O7. The van der Waals surface area contributed by atoms with Gasteiger partial charge in [-0.1, -0.05) is 13.8 Å². The number of hydrogen-bond acceptors (Lipinski definition) is 7. The first-order chi connectivity index (χ1) is 14.5. The van der Waals surface area contributed by atoms with Crippen molar-refractivity contribution in [3.63, 3.8) is 0 Å². The monoisotopic (exact) mass is 430 g/mol. The fourth-order valence-corrected chi connectivity index (χ4v) is 7.26. The Morgan fingerprint density at radius 3 is 2.58 bits per heavy atom. The molecule has 0 N–H and O–H groups in total. The van der Waals surface area contributed by atoms with Gasteiger partial charge in [0.2, 0.25) is 0 Å². The predicted molar refractivity (Wildman–Crippen MR) is 108 cm³/mol. The molecule has 0 radical (unpaired) electrons. The topological polar surface area (TPSA) is 91.4 Å². The molecule has 5 aliphatic rings. The van der Waals surface area contributed by atoms with E-state index >= 15 is 0 Å². The normalized spacial score (nSPS) is 44.8. The summed E-state index contributed by atoms with van der Waals surface area (Å²) in [5, 5.41) is 0. The zero-order valence-corrected chi connectivity index (χ0v) is 18.8. The van der Waals surface area contributed by atoms with E-state index in [-0.39, 0.29) is 59.6 Å². The van der Waals surface area contributed by atoms with Crippen LogP contribution >= 0.6 is 0 Å². The van der Waals surface area contributed by atoms with Crippen molar-refractivity contribution in [2.24, 2.45) is 22.7 Å². The predicted octanol–water partition coefficient (Wildman–Crippen LogP) is 3.22. The van der Waals surface area contributed by atoms with E-state index in [1.165, 1.54) is 13.8 Å². The highest BCUT2D eigenvalue weighted by molar-refractivity contribution is 5.94. The lowest BCUT2D eigenvalue weighted by molar-refractivity contribution is -0.198. The smallest absolute Gasteiger partial charge is 0.339 e. The van der Waals surface area contributed by atoms with Crippen molar-refractivity contribution in [3.05, 3.63) is 23.0 Å². The van der Waals surface area contributed by atoms with Crippen LogP contribution in [-0.2, 0) is 33.3 Å². The highest BCUT2D eigenvalue weighted by Crippen LogP contribution is 2.71. The Labute approximate surface area is 182 Å². The third kappa shape index (κ3) is 2.71. The Hall–Kier alpha value is -2.15. The maximum Gasteiger partial charge on any atom is 0.339 e. The number of ether oxygens (including phenoxy) is 4. The lowest BCUT2D eigenvalue weighted by Gasteiger charge is -2.61. The van der Waals surface area contributed by atoms with Crippen LogP contribution in [0.4, 0.5) is 0 Å². The number of carbonyl (C=O) groups is 3. The van der Waals surface area contributed by atoms with Gasteiger partial charge in [-0.3, -0.25) is 9.59 Å². The van der Waals surface area contributed by atoms with E-state index in [1.807, 2.05) is 6.92 Å². The van der Waals surface area contributed by atoms with Crippen LogP contribution in [0.15, 0.2) is 23.0 Å². The van der Waals surface area contributed by atoms with Crippen LogP contribution in [0.2, 0.25) is 0 Å². The first kappa shape index (κ1) is 20.7. The molecule has 2 saturated carbocycles. The molecule has 2 aliphatic heterocycles. The van der Waals surface area contributed by atoms with E-state index in [0.717, 1.165) is 24.8 Å². The van der Waals surface area contributed by atoms with Gasteiger partial charge in [-0.25, -0.2) is 4.79 Å². The van der Waals surface area contributed by atoms with Crippen LogP contribution in [0.3, 0.4) is 0 Å². The van der Waals surface area contributed by atoms with Gasteiger partial charge in [0.15, 0.2) is 0 Å². The van der Waals surface area contributed by atoms with E-state index in [9.17, 15) is 14.4 Å². The molecule has 1 saturated heterocycles. The molecule has 3 aliphatic carbocycles. The standard InChI is InChI=1S/C24H30O7/c1-12-19-15(30-21(12)27)10-17-22(4)8-7-18(29-14(3)26)23(5,11-28-13(2)25)16(22)6-9-24(17)20(19)31-24/h10,16-18,20H,6-9,11H2,1-5H3/t16-,17?,18+,20+,22+,23-,24-/m0/s1. The number of carbonyl (C=O) groups excluding carboxylic acids is 3. The van der Waals surface area contributed by atoms with Crippen LogP contribution in [0.1, 0.15) is 60.3 Å². The Morgan fingerprint density at radius 2 is 1.90 bits per heavy atom. The number of esters is 3. The minimum Gasteiger partial charge on any atom is -0.465 e. The first-order valence-electron chi connectivity index (χ1n) is 11.2. The Kier molecular flexibility index (Phi) is 4.31. The lowest BCUT2D eigenvalue weighted by atomic mass is 9.44. The molecule has 1 unspecified atom stereocenters. The van der Waals surface area contributed by atoms with E-state index in [4.69, 9.17) is 18.9 Å². The average Bonchev–Trinajstić information content (AvgIpc) is 3.34. The van der Waals surface area contributed by atoms with Gasteiger partial charge in [-0.2, -0.15) is 0 Å². The van der Waals surface area contributed by atoms with Crippen molar-refractivity contribution in [1.82, 2.24) is 0 Å². The second kappa shape index (κ2) is 6.44. The highest BCUT2D eigenvalue weighted by Gasteiger charge is 2.74. The quantitative estimate of drug-likeness (QED) is 0.386. The summed E-state index contributed by atoms with van der Waals surface area (Å²) in [5.41, 5.74) is 0.597.